The van der Waals surface area contributed by atoms with Gasteiger partial charge in [-0.05, 0) is 6.07 Å². The molecule has 0 aromatic heterocycles. The molecule has 0 aliphatic rings. The Bertz CT molecular complexity index is 299. The summed E-state index contributed by atoms with van der Waals surface area (Å²) in [5.74, 6) is 1.10. The summed E-state index contributed by atoms with van der Waals surface area (Å²) < 4.78 is 9.96. The van der Waals surface area contributed by atoms with Gasteiger partial charge in [0.2, 0.25) is 5.75 Å². The second-order valence-electron chi connectivity index (χ2n) is 2.44. The van der Waals surface area contributed by atoms with E-state index in [0.29, 0.717) is 17.1 Å². The highest BCUT2D eigenvalue weighted by molar-refractivity contribution is 6.17. The first kappa shape index (κ1) is 9.99. The van der Waals surface area contributed by atoms with Crippen LogP contribution in [0.15, 0.2) is 12.1 Å². The first-order valence-electron chi connectivity index (χ1n) is 3.73. The van der Waals surface area contributed by atoms with Crippen molar-refractivity contribution < 1.29 is 14.6 Å². The molecule has 0 fully saturated rings. The Morgan fingerprint density at radius 3 is 2.46 bits per heavy atom. The van der Waals surface area contributed by atoms with Crippen molar-refractivity contribution >= 4 is 11.6 Å². The molecule has 1 rings (SSSR count). The predicted octanol–water partition coefficient (Wildman–Crippen LogP) is 2.15. The highest BCUT2D eigenvalue weighted by Gasteiger charge is 2.12. The fourth-order valence-electron chi connectivity index (χ4n) is 1.06. The summed E-state index contributed by atoms with van der Waals surface area (Å²) in [5, 5.41) is 9.61. The van der Waals surface area contributed by atoms with Gasteiger partial charge in [-0.2, -0.15) is 0 Å². The maximum absolute atomic E-state index is 9.61. The average Bonchev–Trinajstić information content (AvgIpc) is 2.17. The normalized spacial score (nSPS) is 9.77. The van der Waals surface area contributed by atoms with Crippen molar-refractivity contribution in [2.45, 2.75) is 5.88 Å². The molecule has 0 amide bonds. The third-order valence-electron chi connectivity index (χ3n) is 1.75. The van der Waals surface area contributed by atoms with Crippen molar-refractivity contribution in [2.75, 3.05) is 14.2 Å². The molecule has 1 aromatic rings. The van der Waals surface area contributed by atoms with Gasteiger partial charge in [-0.15, -0.1) is 11.6 Å². The molecular weight excluding hydrogens is 192 g/mol. The van der Waals surface area contributed by atoms with E-state index in [2.05, 4.69) is 0 Å². The zero-order chi connectivity index (χ0) is 9.84. The molecule has 0 aliphatic heterocycles. The smallest absolute Gasteiger partial charge is 0.203 e. The highest BCUT2D eigenvalue weighted by Crippen LogP contribution is 2.39. The van der Waals surface area contributed by atoms with Crippen LogP contribution in [0.1, 0.15) is 5.56 Å². The van der Waals surface area contributed by atoms with E-state index in [-0.39, 0.29) is 11.6 Å². The maximum Gasteiger partial charge on any atom is 0.203 e. The molecule has 4 heteroatoms. The zero-order valence-electron chi connectivity index (χ0n) is 7.50. The summed E-state index contributed by atoms with van der Waals surface area (Å²) >= 11 is 5.60. The molecule has 0 aliphatic carbocycles. The van der Waals surface area contributed by atoms with Crippen LogP contribution in [0.2, 0.25) is 0 Å². The number of rotatable bonds is 3. The molecular formula is C9H11ClO3. The zero-order valence-corrected chi connectivity index (χ0v) is 8.26. The molecule has 0 heterocycles. The van der Waals surface area contributed by atoms with E-state index in [1.807, 2.05) is 0 Å². The number of methoxy groups -OCH3 is 2. The Kier molecular flexibility index (Phi) is 3.25. The van der Waals surface area contributed by atoms with Crippen LogP contribution >= 0.6 is 11.6 Å². The van der Waals surface area contributed by atoms with Crippen LogP contribution in [0.3, 0.4) is 0 Å². The second-order valence-corrected chi connectivity index (χ2v) is 2.71. The summed E-state index contributed by atoms with van der Waals surface area (Å²) in [6.07, 6.45) is 0. The third kappa shape index (κ3) is 1.80. The molecule has 0 unspecified atom stereocenters. The number of hydrogen-bond donors (Lipinski definition) is 1. The molecule has 0 spiro atoms. The monoisotopic (exact) mass is 202 g/mol. The summed E-state index contributed by atoms with van der Waals surface area (Å²) in [6.45, 7) is 0. The SMILES string of the molecule is COc1ccc(CCl)c(O)c1OC. The average molecular weight is 203 g/mol. The molecule has 1 aromatic carbocycles. The standard InChI is InChI=1S/C9H11ClO3/c1-12-7-4-3-6(5-10)8(11)9(7)13-2/h3-4,11H,5H2,1-2H3. The van der Waals surface area contributed by atoms with Crippen molar-refractivity contribution in [3.05, 3.63) is 17.7 Å². The van der Waals surface area contributed by atoms with Crippen molar-refractivity contribution in [1.82, 2.24) is 0 Å². The van der Waals surface area contributed by atoms with E-state index in [9.17, 15) is 5.11 Å². The van der Waals surface area contributed by atoms with Crippen LogP contribution in [0.25, 0.3) is 0 Å². The van der Waals surface area contributed by atoms with E-state index in [1.54, 1.807) is 12.1 Å². The van der Waals surface area contributed by atoms with Crippen LogP contribution < -0.4 is 9.47 Å². The number of ether oxygens (including phenoxy) is 2. The molecule has 72 valence electrons. The van der Waals surface area contributed by atoms with Crippen LogP contribution in [0, 0.1) is 0 Å². The lowest BCUT2D eigenvalue weighted by molar-refractivity contribution is 0.332. The topological polar surface area (TPSA) is 38.7 Å². The van der Waals surface area contributed by atoms with Crippen LogP contribution in [-0.2, 0) is 5.88 Å². The lowest BCUT2D eigenvalue weighted by Crippen LogP contribution is -1.92. The fraction of sp³-hybridized carbons (Fsp3) is 0.333. The Labute approximate surface area is 81.9 Å². The fourth-order valence-corrected chi connectivity index (χ4v) is 1.27. The van der Waals surface area contributed by atoms with Crippen molar-refractivity contribution in [1.29, 1.82) is 0 Å². The van der Waals surface area contributed by atoms with Crippen molar-refractivity contribution in [3.8, 4) is 17.2 Å². The van der Waals surface area contributed by atoms with E-state index >= 15 is 0 Å². The van der Waals surface area contributed by atoms with Gasteiger partial charge >= 0.3 is 0 Å². The number of phenols is 1. The van der Waals surface area contributed by atoms with Crippen LogP contribution in [0.4, 0.5) is 0 Å². The maximum atomic E-state index is 9.61. The van der Waals surface area contributed by atoms with Crippen LogP contribution in [-0.4, -0.2) is 19.3 Å². The molecule has 0 radical (unpaired) electrons. The minimum Gasteiger partial charge on any atom is -0.504 e. The first-order valence-corrected chi connectivity index (χ1v) is 4.26. The Hall–Kier alpha value is -1.09. The van der Waals surface area contributed by atoms with E-state index in [0.717, 1.165) is 0 Å². The summed E-state index contributed by atoms with van der Waals surface area (Å²) in [7, 11) is 2.98. The lowest BCUT2D eigenvalue weighted by Gasteiger charge is -2.10. The molecule has 1 N–H and O–H groups in total. The number of phenolic OH excluding ortho intramolecular Hbond substituents is 1. The third-order valence-corrected chi connectivity index (χ3v) is 2.03. The number of hydrogen-bond acceptors (Lipinski definition) is 3. The van der Waals surface area contributed by atoms with E-state index in [4.69, 9.17) is 21.1 Å². The minimum absolute atomic E-state index is 0.0388. The van der Waals surface area contributed by atoms with Gasteiger partial charge in [0.15, 0.2) is 11.5 Å². The van der Waals surface area contributed by atoms with Gasteiger partial charge in [0.1, 0.15) is 0 Å². The predicted molar refractivity (Wildman–Crippen MR) is 50.8 cm³/mol. The molecule has 0 atom stereocenters. The van der Waals surface area contributed by atoms with Gasteiger partial charge in [-0.3, -0.25) is 0 Å². The summed E-state index contributed by atoms with van der Waals surface area (Å²) in [5.41, 5.74) is 0.624. The van der Waals surface area contributed by atoms with Crippen molar-refractivity contribution in [3.63, 3.8) is 0 Å². The Morgan fingerprint density at radius 1 is 1.31 bits per heavy atom. The quantitative estimate of drug-likeness (QED) is 0.764. The second kappa shape index (κ2) is 4.23. The van der Waals surface area contributed by atoms with E-state index < -0.39 is 0 Å². The Morgan fingerprint density at radius 2 is 2.00 bits per heavy atom. The molecule has 0 saturated heterocycles. The van der Waals surface area contributed by atoms with Gasteiger partial charge in [0, 0.05) is 5.56 Å². The number of benzene rings is 1. The largest absolute Gasteiger partial charge is 0.504 e. The molecule has 13 heavy (non-hydrogen) atoms. The highest BCUT2D eigenvalue weighted by atomic mass is 35.5. The first-order chi connectivity index (χ1) is 6.24. The molecule has 3 nitrogen and oxygen atoms in total. The van der Waals surface area contributed by atoms with E-state index in [1.165, 1.54) is 14.2 Å². The van der Waals surface area contributed by atoms with Gasteiger partial charge in [-0.25, -0.2) is 0 Å². The summed E-state index contributed by atoms with van der Waals surface area (Å²) in [6, 6.07) is 3.40. The number of alkyl halides is 1. The molecule has 0 bridgehead atoms. The summed E-state index contributed by atoms with van der Waals surface area (Å²) in [4.78, 5) is 0. The minimum atomic E-state index is 0.0388. The van der Waals surface area contributed by atoms with Crippen molar-refractivity contribution in [2.24, 2.45) is 0 Å². The van der Waals surface area contributed by atoms with Crippen LogP contribution in [0.5, 0.6) is 17.2 Å². The number of halogens is 1. The molecule has 0 saturated carbocycles. The number of aromatic hydroxyl groups is 1. The lowest BCUT2D eigenvalue weighted by atomic mass is 10.2. The van der Waals surface area contributed by atoms with Gasteiger partial charge < -0.3 is 14.6 Å². The Balaban J connectivity index is 3.23. The van der Waals surface area contributed by atoms with Gasteiger partial charge in [0.05, 0.1) is 20.1 Å². The van der Waals surface area contributed by atoms with Gasteiger partial charge in [0.25, 0.3) is 0 Å². The van der Waals surface area contributed by atoms with Gasteiger partial charge in [-0.1, -0.05) is 6.07 Å².